The first-order chi connectivity index (χ1) is 10.8. The van der Waals surface area contributed by atoms with Gasteiger partial charge in [-0.25, -0.2) is 0 Å². The molecule has 122 valence electrons. The third-order valence-electron chi connectivity index (χ3n) is 3.79. The molecule has 1 aliphatic rings. The van der Waals surface area contributed by atoms with Gasteiger partial charge in [0.2, 0.25) is 0 Å². The van der Waals surface area contributed by atoms with Crippen LogP contribution in [0.3, 0.4) is 0 Å². The van der Waals surface area contributed by atoms with E-state index in [9.17, 15) is 18.0 Å². The fourth-order valence-corrected chi connectivity index (χ4v) is 3.61. The van der Waals surface area contributed by atoms with Crippen molar-refractivity contribution in [3.63, 3.8) is 0 Å². The lowest BCUT2D eigenvalue weighted by Gasteiger charge is -2.21. The van der Waals surface area contributed by atoms with Crippen LogP contribution in [0.5, 0.6) is 0 Å². The van der Waals surface area contributed by atoms with Gasteiger partial charge >= 0.3 is 6.18 Å². The lowest BCUT2D eigenvalue weighted by atomic mass is 9.99. The van der Waals surface area contributed by atoms with Crippen LogP contribution in [-0.4, -0.2) is 11.9 Å². The minimum atomic E-state index is -4.43. The molecule has 1 atom stereocenters. The Morgan fingerprint density at radius 3 is 2.91 bits per heavy atom. The van der Waals surface area contributed by atoms with Crippen LogP contribution in [0.2, 0.25) is 0 Å². The highest BCUT2D eigenvalue weighted by molar-refractivity contribution is 7.10. The number of rotatable bonds is 2. The maximum Gasteiger partial charge on any atom is 0.416 e. The summed E-state index contributed by atoms with van der Waals surface area (Å²) in [6, 6.07) is 4.94. The van der Waals surface area contributed by atoms with Crippen molar-refractivity contribution < 1.29 is 18.0 Å². The summed E-state index contributed by atoms with van der Waals surface area (Å²) in [7, 11) is 0. The molecule has 0 fully saturated rings. The predicted molar refractivity (Wildman–Crippen MR) is 83.7 cm³/mol. The Morgan fingerprint density at radius 1 is 1.39 bits per heavy atom. The fourth-order valence-electron chi connectivity index (χ4n) is 2.60. The molecule has 0 spiro atoms. The molecule has 0 saturated carbocycles. The zero-order valence-corrected chi connectivity index (χ0v) is 13.1. The van der Waals surface area contributed by atoms with E-state index in [0.717, 1.165) is 35.5 Å². The van der Waals surface area contributed by atoms with Gasteiger partial charge in [0.1, 0.15) is 0 Å². The van der Waals surface area contributed by atoms with Gasteiger partial charge in [-0.2, -0.15) is 13.2 Å². The molecule has 1 unspecified atom stereocenters. The van der Waals surface area contributed by atoms with E-state index in [1.807, 2.05) is 6.92 Å². The fraction of sp³-hybridized carbons (Fsp3) is 0.312. The summed E-state index contributed by atoms with van der Waals surface area (Å²) in [5.74, 6) is -0.365. The normalized spacial score (nSPS) is 17.7. The number of carbonyl (C=O) groups is 1. The van der Waals surface area contributed by atoms with Crippen LogP contribution in [0, 0.1) is 0 Å². The molecule has 0 radical (unpaired) electrons. The summed E-state index contributed by atoms with van der Waals surface area (Å²) in [4.78, 5) is 13.5. The van der Waals surface area contributed by atoms with Crippen molar-refractivity contribution in [2.45, 2.75) is 32.1 Å². The van der Waals surface area contributed by atoms with Crippen LogP contribution < -0.4 is 10.6 Å². The molecule has 0 aliphatic carbocycles. The SMILES string of the molecule is CC1Cc2c(C(=O)Nc3cccc(C(F)(F)F)c3)csc2CN1. The monoisotopic (exact) mass is 340 g/mol. The van der Waals surface area contributed by atoms with Crippen LogP contribution in [0.25, 0.3) is 0 Å². The third-order valence-corrected chi connectivity index (χ3v) is 4.82. The van der Waals surface area contributed by atoms with Crippen molar-refractivity contribution in [2.24, 2.45) is 0 Å². The summed E-state index contributed by atoms with van der Waals surface area (Å²) in [5.41, 5.74) is 0.911. The molecule has 23 heavy (non-hydrogen) atoms. The maximum atomic E-state index is 12.7. The quantitative estimate of drug-likeness (QED) is 0.866. The highest BCUT2D eigenvalue weighted by Crippen LogP contribution is 2.31. The average Bonchev–Trinajstić information content (AvgIpc) is 2.89. The van der Waals surface area contributed by atoms with Crippen molar-refractivity contribution in [2.75, 3.05) is 5.32 Å². The molecule has 0 bridgehead atoms. The van der Waals surface area contributed by atoms with E-state index in [0.29, 0.717) is 5.56 Å². The number of thiophene rings is 1. The van der Waals surface area contributed by atoms with E-state index in [4.69, 9.17) is 0 Å². The van der Waals surface area contributed by atoms with Crippen LogP contribution in [0.15, 0.2) is 29.6 Å². The minimum Gasteiger partial charge on any atom is -0.322 e. The number of hydrogen-bond donors (Lipinski definition) is 2. The molecule has 1 aromatic carbocycles. The van der Waals surface area contributed by atoms with E-state index >= 15 is 0 Å². The van der Waals surface area contributed by atoms with Gasteiger partial charge in [0.25, 0.3) is 5.91 Å². The lowest BCUT2D eigenvalue weighted by Crippen LogP contribution is -2.32. The van der Waals surface area contributed by atoms with E-state index < -0.39 is 11.7 Å². The molecule has 1 aliphatic heterocycles. The van der Waals surface area contributed by atoms with Gasteiger partial charge in [-0.1, -0.05) is 6.07 Å². The Kier molecular flexibility index (Phi) is 4.16. The number of alkyl halides is 3. The second-order valence-corrected chi connectivity index (χ2v) is 6.53. The van der Waals surface area contributed by atoms with Crippen LogP contribution in [-0.2, 0) is 19.1 Å². The Labute approximate surface area is 135 Å². The van der Waals surface area contributed by atoms with Gasteiger partial charge in [-0.15, -0.1) is 11.3 Å². The number of amides is 1. The highest BCUT2D eigenvalue weighted by Gasteiger charge is 2.30. The van der Waals surface area contributed by atoms with Crippen molar-refractivity contribution >= 4 is 22.9 Å². The molecular formula is C16H15F3N2OS. The van der Waals surface area contributed by atoms with E-state index in [-0.39, 0.29) is 17.6 Å². The summed E-state index contributed by atoms with van der Waals surface area (Å²) >= 11 is 1.50. The molecule has 2 N–H and O–H groups in total. The van der Waals surface area contributed by atoms with Gasteiger partial charge in [-0.05, 0) is 37.1 Å². The third kappa shape index (κ3) is 3.40. The Bertz CT molecular complexity index is 739. The van der Waals surface area contributed by atoms with Crippen molar-refractivity contribution in [3.05, 3.63) is 51.2 Å². The molecule has 2 heterocycles. The van der Waals surface area contributed by atoms with E-state index in [1.54, 1.807) is 5.38 Å². The standard InChI is InChI=1S/C16H15F3N2OS/c1-9-5-12-13(8-23-14(12)7-20-9)15(22)21-11-4-2-3-10(6-11)16(17,18)19/h2-4,6,8-9,20H,5,7H2,1H3,(H,21,22). The molecule has 1 aromatic heterocycles. The zero-order valence-electron chi connectivity index (χ0n) is 12.3. The number of anilines is 1. The lowest BCUT2D eigenvalue weighted by molar-refractivity contribution is -0.137. The van der Waals surface area contributed by atoms with Gasteiger partial charge in [0, 0.05) is 28.5 Å². The predicted octanol–water partition coefficient (Wildman–Crippen LogP) is 4.05. The number of benzene rings is 1. The Balaban J connectivity index is 1.82. The Hall–Kier alpha value is -1.86. The molecule has 2 aromatic rings. The van der Waals surface area contributed by atoms with Crippen LogP contribution >= 0.6 is 11.3 Å². The van der Waals surface area contributed by atoms with Gasteiger partial charge < -0.3 is 10.6 Å². The summed E-state index contributed by atoms with van der Waals surface area (Å²) in [6.45, 7) is 2.76. The minimum absolute atomic E-state index is 0.145. The van der Waals surface area contributed by atoms with Crippen LogP contribution in [0.1, 0.15) is 33.3 Å². The number of carbonyl (C=O) groups excluding carboxylic acids is 1. The molecular weight excluding hydrogens is 325 g/mol. The first-order valence-electron chi connectivity index (χ1n) is 7.16. The summed E-state index contributed by atoms with van der Waals surface area (Å²) < 4.78 is 38.2. The van der Waals surface area contributed by atoms with Gasteiger partial charge in [0.05, 0.1) is 11.1 Å². The molecule has 1 amide bonds. The Morgan fingerprint density at radius 2 is 2.17 bits per heavy atom. The zero-order chi connectivity index (χ0) is 16.6. The smallest absolute Gasteiger partial charge is 0.322 e. The van der Waals surface area contributed by atoms with Crippen LogP contribution in [0.4, 0.5) is 18.9 Å². The number of fused-ring (bicyclic) bond motifs is 1. The number of halogens is 3. The molecule has 7 heteroatoms. The average molecular weight is 340 g/mol. The highest BCUT2D eigenvalue weighted by atomic mass is 32.1. The second kappa shape index (κ2) is 5.98. The van der Waals surface area contributed by atoms with E-state index in [1.165, 1.54) is 23.5 Å². The largest absolute Gasteiger partial charge is 0.416 e. The second-order valence-electron chi connectivity index (χ2n) is 5.57. The van der Waals surface area contributed by atoms with Gasteiger partial charge in [-0.3, -0.25) is 4.79 Å². The number of hydrogen-bond acceptors (Lipinski definition) is 3. The van der Waals surface area contributed by atoms with Gasteiger partial charge in [0.15, 0.2) is 0 Å². The molecule has 3 rings (SSSR count). The van der Waals surface area contributed by atoms with E-state index in [2.05, 4.69) is 10.6 Å². The first-order valence-corrected chi connectivity index (χ1v) is 8.04. The van der Waals surface area contributed by atoms with Crippen molar-refractivity contribution in [3.8, 4) is 0 Å². The molecule has 0 saturated heterocycles. The summed E-state index contributed by atoms with van der Waals surface area (Å²) in [6.07, 6.45) is -3.69. The topological polar surface area (TPSA) is 41.1 Å². The van der Waals surface area contributed by atoms with Crippen molar-refractivity contribution in [1.29, 1.82) is 0 Å². The molecule has 3 nitrogen and oxygen atoms in total. The van der Waals surface area contributed by atoms with Crippen molar-refractivity contribution in [1.82, 2.24) is 5.32 Å². The number of nitrogens with one attached hydrogen (secondary N) is 2. The maximum absolute atomic E-state index is 12.7. The summed E-state index contributed by atoms with van der Waals surface area (Å²) in [5, 5.41) is 7.66. The first kappa shape index (κ1) is 16.0.